The Kier molecular flexibility index (Phi) is 8.06. The van der Waals surface area contributed by atoms with Crippen molar-refractivity contribution in [3.8, 4) is 0 Å². The van der Waals surface area contributed by atoms with E-state index >= 15 is 0 Å². The molecule has 1 aromatic carbocycles. The fourth-order valence-electron chi connectivity index (χ4n) is 5.48. The third-order valence-corrected chi connectivity index (χ3v) is 7.93. The van der Waals surface area contributed by atoms with Gasteiger partial charge in [0.25, 0.3) is 5.56 Å². The lowest BCUT2D eigenvalue weighted by Gasteiger charge is -2.30. The smallest absolute Gasteiger partial charge is 0.261 e. The summed E-state index contributed by atoms with van der Waals surface area (Å²) in [6, 6.07) is 11.6. The van der Waals surface area contributed by atoms with E-state index in [0.29, 0.717) is 55.1 Å². The van der Waals surface area contributed by atoms with Gasteiger partial charge in [-0.25, -0.2) is 0 Å². The first kappa shape index (κ1) is 29.3. The molecule has 0 atom stereocenters. The summed E-state index contributed by atoms with van der Waals surface area (Å²) in [5, 5.41) is 3.55. The van der Waals surface area contributed by atoms with Gasteiger partial charge in [0.05, 0.1) is 23.0 Å². The minimum absolute atomic E-state index is 0.0758. The second-order valence-corrected chi connectivity index (χ2v) is 12.2. The minimum atomic E-state index is -1.18. The molecule has 0 fully saturated rings. The highest BCUT2D eigenvalue weighted by Crippen LogP contribution is 2.37. The van der Waals surface area contributed by atoms with E-state index in [2.05, 4.69) is 35.1 Å². The molecule has 0 unspecified atom stereocenters. The van der Waals surface area contributed by atoms with Crippen LogP contribution in [-0.2, 0) is 29.2 Å². The van der Waals surface area contributed by atoms with Crippen LogP contribution in [0.2, 0.25) is 0 Å². The maximum Gasteiger partial charge on any atom is 0.261 e. The molecule has 0 saturated heterocycles. The second kappa shape index (κ2) is 11.6. The molecule has 9 heteroatoms. The number of aromatic nitrogens is 2. The summed E-state index contributed by atoms with van der Waals surface area (Å²) in [5.41, 5.74) is 4.68. The standard InChI is InChI=1S/C33H39N5O4/c1-21(2)17-38-28-16-24(9-10-27(28)35-31(40)33(5,6)32(38)41)19-36(20-25-8-7-12-34-23(25)4)13-14-37-18-22(3)29-26(30(37)39)11-15-42-29/h7-12,15-16,18,21H,13-14,17,19-20H2,1-6H3,(H,35,40). The highest BCUT2D eigenvalue weighted by Gasteiger charge is 2.43. The van der Waals surface area contributed by atoms with Crippen molar-refractivity contribution in [3.63, 3.8) is 0 Å². The van der Waals surface area contributed by atoms with Gasteiger partial charge in [-0.3, -0.25) is 24.3 Å². The van der Waals surface area contributed by atoms with Gasteiger partial charge in [0.1, 0.15) is 11.0 Å². The van der Waals surface area contributed by atoms with Crippen molar-refractivity contribution >= 4 is 34.2 Å². The number of pyridine rings is 2. The Bertz CT molecular complexity index is 1700. The molecule has 4 heterocycles. The van der Waals surface area contributed by atoms with Crippen LogP contribution in [0.3, 0.4) is 0 Å². The predicted octanol–water partition coefficient (Wildman–Crippen LogP) is 5.28. The molecule has 0 radical (unpaired) electrons. The Labute approximate surface area is 246 Å². The summed E-state index contributed by atoms with van der Waals surface area (Å²) in [5.74, 6) is -0.303. The Hall–Kier alpha value is -4.24. The van der Waals surface area contributed by atoms with Crippen LogP contribution in [0, 0.1) is 25.2 Å². The number of carbonyl (C=O) groups is 2. The number of anilines is 2. The number of benzene rings is 1. The SMILES string of the molecule is Cc1ncccc1CN(CCn1cc(C)c2occc2c1=O)Cc1ccc2c(c1)N(CC(C)C)C(=O)C(C)(C)C(=O)N2. The van der Waals surface area contributed by atoms with Gasteiger partial charge in [0.2, 0.25) is 11.8 Å². The van der Waals surface area contributed by atoms with E-state index < -0.39 is 5.41 Å². The largest absolute Gasteiger partial charge is 0.464 e. The number of amides is 2. The molecular formula is C33H39N5O4. The van der Waals surface area contributed by atoms with E-state index in [1.165, 1.54) is 0 Å². The van der Waals surface area contributed by atoms with Crippen LogP contribution in [0.15, 0.2) is 64.3 Å². The third kappa shape index (κ3) is 5.74. The van der Waals surface area contributed by atoms with E-state index in [1.807, 2.05) is 44.3 Å². The predicted molar refractivity (Wildman–Crippen MR) is 164 cm³/mol. The number of fused-ring (bicyclic) bond motifs is 2. The van der Waals surface area contributed by atoms with Crippen molar-refractivity contribution in [1.82, 2.24) is 14.5 Å². The molecule has 0 saturated carbocycles. The van der Waals surface area contributed by atoms with Crippen LogP contribution in [0.4, 0.5) is 11.4 Å². The highest BCUT2D eigenvalue weighted by molar-refractivity contribution is 6.19. The minimum Gasteiger partial charge on any atom is -0.464 e. The van der Waals surface area contributed by atoms with Crippen LogP contribution >= 0.6 is 0 Å². The number of carbonyl (C=O) groups excluding carboxylic acids is 2. The number of aryl methyl sites for hydroxylation is 2. The van der Waals surface area contributed by atoms with Crippen molar-refractivity contribution in [2.45, 2.75) is 61.2 Å². The molecule has 9 nitrogen and oxygen atoms in total. The summed E-state index contributed by atoms with van der Waals surface area (Å²) in [6.07, 6.45) is 5.19. The van der Waals surface area contributed by atoms with Gasteiger partial charge in [-0.05, 0) is 69.0 Å². The van der Waals surface area contributed by atoms with Crippen molar-refractivity contribution in [1.29, 1.82) is 0 Å². The summed E-state index contributed by atoms with van der Waals surface area (Å²) in [6.45, 7) is 14.2. The van der Waals surface area contributed by atoms with Crippen molar-refractivity contribution in [3.05, 3.63) is 87.8 Å². The number of furan rings is 1. The molecule has 5 rings (SSSR count). The molecule has 1 N–H and O–H groups in total. The topological polar surface area (TPSA) is 101 Å². The van der Waals surface area contributed by atoms with Gasteiger partial charge in [-0.1, -0.05) is 26.0 Å². The normalized spacial score (nSPS) is 14.9. The van der Waals surface area contributed by atoms with E-state index in [4.69, 9.17) is 4.42 Å². The number of nitrogens with one attached hydrogen (secondary N) is 1. The number of hydrogen-bond acceptors (Lipinski definition) is 6. The Morgan fingerprint density at radius 2 is 1.86 bits per heavy atom. The summed E-state index contributed by atoms with van der Waals surface area (Å²) in [4.78, 5) is 48.2. The zero-order valence-corrected chi connectivity index (χ0v) is 25.2. The van der Waals surface area contributed by atoms with Gasteiger partial charge >= 0.3 is 0 Å². The zero-order chi connectivity index (χ0) is 30.2. The van der Waals surface area contributed by atoms with E-state index in [-0.39, 0.29) is 23.3 Å². The second-order valence-electron chi connectivity index (χ2n) is 12.2. The van der Waals surface area contributed by atoms with Crippen LogP contribution in [0.1, 0.15) is 50.1 Å². The van der Waals surface area contributed by atoms with E-state index in [1.54, 1.807) is 41.8 Å². The summed E-state index contributed by atoms with van der Waals surface area (Å²) >= 11 is 0. The third-order valence-electron chi connectivity index (χ3n) is 7.93. The Morgan fingerprint density at radius 3 is 2.60 bits per heavy atom. The lowest BCUT2D eigenvalue weighted by Crippen LogP contribution is -2.46. The fourth-order valence-corrected chi connectivity index (χ4v) is 5.48. The first-order valence-electron chi connectivity index (χ1n) is 14.4. The summed E-state index contributed by atoms with van der Waals surface area (Å²) in [7, 11) is 0. The zero-order valence-electron chi connectivity index (χ0n) is 25.2. The first-order valence-corrected chi connectivity index (χ1v) is 14.4. The van der Waals surface area contributed by atoms with Crippen molar-refractivity contribution in [2.24, 2.45) is 11.3 Å². The molecule has 42 heavy (non-hydrogen) atoms. The maximum atomic E-state index is 13.6. The average Bonchev–Trinajstić information content (AvgIpc) is 3.43. The van der Waals surface area contributed by atoms with Crippen LogP contribution in [-0.4, -0.2) is 39.4 Å². The van der Waals surface area contributed by atoms with Gasteiger partial charge in [0.15, 0.2) is 0 Å². The maximum absolute atomic E-state index is 13.6. The molecule has 0 aliphatic carbocycles. The monoisotopic (exact) mass is 569 g/mol. The quantitative estimate of drug-likeness (QED) is 0.276. The van der Waals surface area contributed by atoms with Crippen molar-refractivity contribution in [2.75, 3.05) is 23.3 Å². The van der Waals surface area contributed by atoms with Crippen LogP contribution < -0.4 is 15.8 Å². The fraction of sp³-hybridized carbons (Fsp3) is 0.394. The molecule has 2 amide bonds. The van der Waals surface area contributed by atoms with Gasteiger partial charge < -0.3 is 19.2 Å². The molecule has 0 bridgehead atoms. The number of rotatable bonds is 9. The lowest BCUT2D eigenvalue weighted by molar-refractivity contribution is -0.136. The number of hydrogen-bond donors (Lipinski definition) is 1. The Morgan fingerprint density at radius 1 is 1.07 bits per heavy atom. The summed E-state index contributed by atoms with van der Waals surface area (Å²) < 4.78 is 7.25. The van der Waals surface area contributed by atoms with Crippen LogP contribution in [0.5, 0.6) is 0 Å². The molecule has 3 aromatic heterocycles. The lowest BCUT2D eigenvalue weighted by atomic mass is 9.90. The first-order chi connectivity index (χ1) is 20.0. The van der Waals surface area contributed by atoms with Gasteiger partial charge in [0, 0.05) is 56.4 Å². The molecule has 220 valence electrons. The molecule has 1 aliphatic rings. The molecule has 1 aliphatic heterocycles. The molecule has 4 aromatic rings. The Balaban J connectivity index is 1.47. The number of nitrogens with zero attached hydrogens (tertiary/aromatic N) is 4. The average molecular weight is 570 g/mol. The molecular weight excluding hydrogens is 530 g/mol. The van der Waals surface area contributed by atoms with Gasteiger partial charge in [-0.15, -0.1) is 0 Å². The highest BCUT2D eigenvalue weighted by atomic mass is 16.3. The van der Waals surface area contributed by atoms with Crippen LogP contribution in [0.25, 0.3) is 11.0 Å². The van der Waals surface area contributed by atoms with Gasteiger partial charge in [-0.2, -0.15) is 0 Å². The van der Waals surface area contributed by atoms with Crippen molar-refractivity contribution < 1.29 is 14.0 Å². The van der Waals surface area contributed by atoms with E-state index in [9.17, 15) is 14.4 Å². The molecule has 0 spiro atoms. The van der Waals surface area contributed by atoms with E-state index in [0.717, 1.165) is 22.4 Å².